The van der Waals surface area contributed by atoms with Crippen molar-refractivity contribution in [2.24, 2.45) is 0 Å². The Bertz CT molecular complexity index is 325. The molecule has 0 saturated carbocycles. The Kier molecular flexibility index (Phi) is 3.18. The molecule has 0 bridgehead atoms. The van der Waals surface area contributed by atoms with Gasteiger partial charge in [-0.15, -0.1) is 0 Å². The van der Waals surface area contributed by atoms with E-state index in [1.54, 1.807) is 6.92 Å². The average Bonchev–Trinajstić information content (AvgIpc) is 2.13. The third kappa shape index (κ3) is 1.67. The first kappa shape index (κ1) is 10.8. The van der Waals surface area contributed by atoms with Gasteiger partial charge in [0, 0.05) is 10.0 Å². The van der Waals surface area contributed by atoms with Gasteiger partial charge in [-0.3, -0.25) is 0 Å². The van der Waals surface area contributed by atoms with Crippen LogP contribution < -0.4 is 10.5 Å². The summed E-state index contributed by atoms with van der Waals surface area (Å²) in [7, 11) is 1.40. The second kappa shape index (κ2) is 3.84. The maximum absolute atomic E-state index is 13.5. The van der Waals surface area contributed by atoms with Crippen LogP contribution in [-0.4, -0.2) is 7.11 Å². The van der Waals surface area contributed by atoms with Gasteiger partial charge in [-0.1, -0.05) is 0 Å². The van der Waals surface area contributed by atoms with Gasteiger partial charge in [0.05, 0.1) is 17.3 Å². The SMILES string of the molecule is COc1c(F)c(C)c(Br)c(N)c1Br. The van der Waals surface area contributed by atoms with E-state index in [1.165, 1.54) is 7.11 Å². The quantitative estimate of drug-likeness (QED) is 0.808. The molecule has 5 heteroatoms. The molecule has 2 N–H and O–H groups in total. The van der Waals surface area contributed by atoms with Crippen LogP contribution in [0, 0.1) is 12.7 Å². The Morgan fingerprint density at radius 3 is 2.31 bits per heavy atom. The number of hydrogen-bond donors (Lipinski definition) is 1. The fraction of sp³-hybridized carbons (Fsp3) is 0.250. The third-order valence-electron chi connectivity index (χ3n) is 1.73. The summed E-state index contributed by atoms with van der Waals surface area (Å²) >= 11 is 6.35. The normalized spacial score (nSPS) is 10.2. The Morgan fingerprint density at radius 1 is 1.31 bits per heavy atom. The molecule has 1 aromatic carbocycles. The molecule has 0 aliphatic rings. The van der Waals surface area contributed by atoms with Gasteiger partial charge in [-0.05, 0) is 38.8 Å². The van der Waals surface area contributed by atoms with Gasteiger partial charge in [-0.2, -0.15) is 0 Å². The molecule has 0 aliphatic carbocycles. The minimum atomic E-state index is -0.407. The van der Waals surface area contributed by atoms with E-state index in [0.717, 1.165) is 0 Å². The van der Waals surface area contributed by atoms with Crippen LogP contribution in [0.25, 0.3) is 0 Å². The smallest absolute Gasteiger partial charge is 0.171 e. The van der Waals surface area contributed by atoms with Crippen LogP contribution in [0.4, 0.5) is 10.1 Å². The fourth-order valence-electron chi connectivity index (χ4n) is 0.963. The van der Waals surface area contributed by atoms with E-state index in [9.17, 15) is 4.39 Å². The van der Waals surface area contributed by atoms with E-state index in [-0.39, 0.29) is 5.75 Å². The number of anilines is 1. The lowest BCUT2D eigenvalue weighted by molar-refractivity contribution is 0.382. The second-order valence-electron chi connectivity index (χ2n) is 2.51. The number of methoxy groups -OCH3 is 1. The van der Waals surface area contributed by atoms with Crippen molar-refractivity contribution < 1.29 is 9.13 Å². The van der Waals surface area contributed by atoms with Crippen molar-refractivity contribution in [2.45, 2.75) is 6.92 Å². The number of ether oxygens (including phenoxy) is 1. The molecule has 0 fully saturated rings. The lowest BCUT2D eigenvalue weighted by Gasteiger charge is -2.11. The fourth-order valence-corrected chi connectivity index (χ4v) is 2.14. The first-order valence-corrected chi connectivity index (χ1v) is 5.05. The lowest BCUT2D eigenvalue weighted by Crippen LogP contribution is -1.99. The van der Waals surface area contributed by atoms with Crippen LogP contribution >= 0.6 is 31.9 Å². The van der Waals surface area contributed by atoms with Crippen molar-refractivity contribution in [3.63, 3.8) is 0 Å². The second-order valence-corrected chi connectivity index (χ2v) is 4.10. The Hall–Kier alpha value is -0.290. The van der Waals surface area contributed by atoms with Gasteiger partial charge in [0.15, 0.2) is 11.6 Å². The molecule has 0 atom stereocenters. The Balaban J connectivity index is 3.56. The van der Waals surface area contributed by atoms with E-state index in [2.05, 4.69) is 31.9 Å². The van der Waals surface area contributed by atoms with Gasteiger partial charge in [0.2, 0.25) is 0 Å². The summed E-state index contributed by atoms with van der Waals surface area (Å²) in [6, 6.07) is 0. The molecule has 1 rings (SSSR count). The van der Waals surface area contributed by atoms with Crippen molar-refractivity contribution in [3.05, 3.63) is 20.3 Å². The molecule has 2 nitrogen and oxygen atoms in total. The highest BCUT2D eigenvalue weighted by Gasteiger charge is 2.17. The first-order chi connectivity index (χ1) is 6.00. The predicted octanol–water partition coefficient (Wildman–Crippen LogP) is 3.25. The number of halogens is 3. The predicted molar refractivity (Wildman–Crippen MR) is 57.5 cm³/mol. The van der Waals surface area contributed by atoms with Crippen LogP contribution in [-0.2, 0) is 0 Å². The van der Waals surface area contributed by atoms with Gasteiger partial charge >= 0.3 is 0 Å². The van der Waals surface area contributed by atoms with Gasteiger partial charge < -0.3 is 10.5 Å². The molecule has 0 spiro atoms. The molecule has 0 aliphatic heterocycles. The minimum Gasteiger partial charge on any atom is -0.492 e. The van der Waals surface area contributed by atoms with Crippen molar-refractivity contribution in [1.82, 2.24) is 0 Å². The van der Waals surface area contributed by atoms with Gasteiger partial charge in [0.25, 0.3) is 0 Å². The molecule has 0 aromatic heterocycles. The van der Waals surface area contributed by atoms with Crippen molar-refractivity contribution in [1.29, 1.82) is 0 Å². The Morgan fingerprint density at radius 2 is 1.85 bits per heavy atom. The van der Waals surface area contributed by atoms with Crippen molar-refractivity contribution in [3.8, 4) is 5.75 Å². The third-order valence-corrected chi connectivity index (χ3v) is 3.54. The lowest BCUT2D eigenvalue weighted by atomic mass is 10.2. The summed E-state index contributed by atoms with van der Waals surface area (Å²) in [5.74, 6) is -0.270. The summed E-state index contributed by atoms with van der Waals surface area (Å²) in [6.07, 6.45) is 0. The zero-order chi connectivity index (χ0) is 10.2. The largest absolute Gasteiger partial charge is 0.492 e. The van der Waals surface area contributed by atoms with Gasteiger partial charge in [-0.25, -0.2) is 4.39 Å². The van der Waals surface area contributed by atoms with E-state index >= 15 is 0 Å². The molecular weight excluding hydrogens is 305 g/mol. The molecular formula is C8H8Br2FNO. The number of rotatable bonds is 1. The maximum Gasteiger partial charge on any atom is 0.171 e. The molecule has 0 unspecified atom stereocenters. The first-order valence-electron chi connectivity index (χ1n) is 3.47. The van der Waals surface area contributed by atoms with E-state index in [1.807, 2.05) is 0 Å². The van der Waals surface area contributed by atoms with Crippen molar-refractivity contribution in [2.75, 3.05) is 12.8 Å². The maximum atomic E-state index is 13.5. The average molecular weight is 313 g/mol. The molecule has 0 heterocycles. The summed E-state index contributed by atoms with van der Waals surface area (Å²) in [4.78, 5) is 0. The van der Waals surface area contributed by atoms with Crippen molar-refractivity contribution >= 4 is 37.5 Å². The number of nitrogen functional groups attached to an aromatic ring is 1. The topological polar surface area (TPSA) is 35.2 Å². The molecule has 0 radical (unpaired) electrons. The zero-order valence-corrected chi connectivity index (χ0v) is 10.3. The monoisotopic (exact) mass is 311 g/mol. The van der Waals surface area contributed by atoms with Crippen LogP contribution in [0.15, 0.2) is 8.95 Å². The molecule has 0 amide bonds. The van der Waals surface area contributed by atoms with Crippen LogP contribution in [0.5, 0.6) is 5.75 Å². The summed E-state index contributed by atoms with van der Waals surface area (Å²) in [6.45, 7) is 1.63. The highest BCUT2D eigenvalue weighted by molar-refractivity contribution is 9.11. The molecule has 13 heavy (non-hydrogen) atoms. The zero-order valence-electron chi connectivity index (χ0n) is 7.12. The number of benzene rings is 1. The molecule has 72 valence electrons. The van der Waals surface area contributed by atoms with Crippen LogP contribution in [0.1, 0.15) is 5.56 Å². The number of hydrogen-bond acceptors (Lipinski definition) is 2. The highest BCUT2D eigenvalue weighted by atomic mass is 79.9. The van der Waals surface area contributed by atoms with Crippen LogP contribution in [0.3, 0.4) is 0 Å². The van der Waals surface area contributed by atoms with E-state index in [0.29, 0.717) is 20.2 Å². The van der Waals surface area contributed by atoms with Gasteiger partial charge in [0.1, 0.15) is 0 Å². The highest BCUT2D eigenvalue weighted by Crippen LogP contribution is 2.40. The summed E-state index contributed by atoms with van der Waals surface area (Å²) < 4.78 is 19.3. The molecule has 1 aromatic rings. The summed E-state index contributed by atoms with van der Waals surface area (Å²) in [5, 5.41) is 0. The number of nitrogens with two attached hydrogens (primary N) is 1. The summed E-state index contributed by atoms with van der Waals surface area (Å²) in [5.41, 5.74) is 6.57. The minimum absolute atomic E-state index is 0.137. The van der Waals surface area contributed by atoms with E-state index < -0.39 is 5.82 Å². The standard InChI is InChI=1S/C8H8Br2FNO/c1-3-4(9)7(12)5(10)8(13-2)6(3)11/h12H2,1-2H3. The molecule has 0 saturated heterocycles. The van der Waals surface area contributed by atoms with Crippen LogP contribution in [0.2, 0.25) is 0 Å². The van der Waals surface area contributed by atoms with E-state index in [4.69, 9.17) is 10.5 Å². The Labute approximate surface area is 92.5 Å².